The van der Waals surface area contributed by atoms with Crippen molar-refractivity contribution in [2.75, 3.05) is 24.5 Å². The van der Waals surface area contributed by atoms with Crippen molar-refractivity contribution in [3.8, 4) is 11.1 Å². The van der Waals surface area contributed by atoms with Crippen molar-refractivity contribution in [2.45, 2.75) is 122 Å². The van der Waals surface area contributed by atoms with Crippen LogP contribution in [0.25, 0.3) is 11.1 Å². The normalized spacial score (nSPS) is 27.0. The van der Waals surface area contributed by atoms with Crippen LogP contribution in [0, 0.1) is 17.3 Å². The average molecular weight is 666 g/mol. The van der Waals surface area contributed by atoms with Crippen LogP contribution in [0.2, 0.25) is 0 Å². The molecule has 8 rings (SSSR count). The van der Waals surface area contributed by atoms with Crippen molar-refractivity contribution >= 4 is 17.8 Å². The Kier molecular flexibility index (Phi) is 9.35. The van der Waals surface area contributed by atoms with Crippen molar-refractivity contribution in [2.24, 2.45) is 17.3 Å². The lowest BCUT2D eigenvalue weighted by Crippen LogP contribution is -2.52. The van der Waals surface area contributed by atoms with Crippen LogP contribution in [-0.4, -0.2) is 57.4 Å². The molecule has 0 unspecified atom stereocenters. The highest BCUT2D eigenvalue weighted by Gasteiger charge is 2.51. The van der Waals surface area contributed by atoms with E-state index in [0.717, 1.165) is 75.0 Å². The van der Waals surface area contributed by atoms with Gasteiger partial charge in [-0.1, -0.05) is 45.0 Å². The van der Waals surface area contributed by atoms with Crippen LogP contribution in [0.3, 0.4) is 0 Å². The number of carbonyl (C=O) groups is 2. The van der Waals surface area contributed by atoms with Crippen LogP contribution in [0.5, 0.6) is 0 Å². The molecule has 8 heteroatoms. The minimum Gasteiger partial charge on any atom is -0.446 e. The smallest absolute Gasteiger partial charge is 0.410 e. The van der Waals surface area contributed by atoms with Gasteiger partial charge in [0.1, 0.15) is 11.9 Å². The Labute approximate surface area is 292 Å². The van der Waals surface area contributed by atoms with E-state index >= 15 is 0 Å². The Balaban J connectivity index is 1.09. The first kappa shape index (κ1) is 33.8. The fourth-order valence-electron chi connectivity index (χ4n) is 8.99. The van der Waals surface area contributed by atoms with E-state index in [4.69, 9.17) is 9.72 Å². The molecule has 0 N–H and O–H groups in total. The maximum absolute atomic E-state index is 14.6. The Morgan fingerprint density at radius 3 is 2.18 bits per heavy atom. The summed E-state index contributed by atoms with van der Waals surface area (Å²) in [6, 6.07) is 13.8. The quantitative estimate of drug-likeness (QED) is 0.228. The van der Waals surface area contributed by atoms with Crippen LogP contribution in [0.15, 0.2) is 55.0 Å². The second-order valence-corrected chi connectivity index (χ2v) is 16.6. The molecule has 2 bridgehead atoms. The van der Waals surface area contributed by atoms with E-state index in [2.05, 4.69) is 76.2 Å². The molecule has 3 aromatic rings. The number of nitrogens with zero attached hydrogens (tertiary/aromatic N) is 5. The van der Waals surface area contributed by atoms with E-state index in [-0.39, 0.29) is 40.9 Å². The molecular formula is C41H55N5O3. The number of carbonyl (C=O) groups excluding carboxylic acids is 2. The molecule has 2 aromatic heterocycles. The molecule has 3 heterocycles. The SMILES string of the molecule is CC1CN(C(=O)OC2CCC(C(=O)N(CC34CCC(c5ccc(C(C)C)cc5)(CC3)CC4)c3cc(-c4cnn(C(C)C)c4)ccn3)CC2)C1. The maximum atomic E-state index is 14.6. The number of pyridine rings is 1. The van der Waals surface area contributed by atoms with Crippen molar-refractivity contribution in [1.29, 1.82) is 0 Å². The van der Waals surface area contributed by atoms with E-state index in [1.54, 1.807) is 4.90 Å². The molecule has 1 aliphatic heterocycles. The fraction of sp³-hybridized carbons (Fsp3) is 0.610. The van der Waals surface area contributed by atoms with Gasteiger partial charge in [0, 0.05) is 49.6 Å². The summed E-state index contributed by atoms with van der Waals surface area (Å²) < 4.78 is 7.84. The topological polar surface area (TPSA) is 80.6 Å². The lowest BCUT2D eigenvalue weighted by atomic mass is 9.51. The Bertz CT molecular complexity index is 1610. The monoisotopic (exact) mass is 665 g/mol. The van der Waals surface area contributed by atoms with Gasteiger partial charge in [-0.25, -0.2) is 9.78 Å². The zero-order chi connectivity index (χ0) is 34.3. The average Bonchev–Trinajstić information content (AvgIpc) is 3.62. The van der Waals surface area contributed by atoms with Gasteiger partial charge >= 0.3 is 6.09 Å². The third-order valence-electron chi connectivity index (χ3n) is 12.5. The molecule has 4 saturated carbocycles. The summed E-state index contributed by atoms with van der Waals surface area (Å²) in [7, 11) is 0. The van der Waals surface area contributed by atoms with Gasteiger partial charge in [-0.05, 0) is 130 Å². The molecule has 0 radical (unpaired) electrons. The predicted molar refractivity (Wildman–Crippen MR) is 194 cm³/mol. The Morgan fingerprint density at radius 2 is 1.59 bits per heavy atom. The highest BCUT2D eigenvalue weighted by Crippen LogP contribution is 2.58. The van der Waals surface area contributed by atoms with E-state index in [1.165, 1.54) is 30.4 Å². The summed E-state index contributed by atoms with van der Waals surface area (Å²) in [6.45, 7) is 13.2. The maximum Gasteiger partial charge on any atom is 0.410 e. The fourth-order valence-corrected chi connectivity index (χ4v) is 8.99. The number of hydrogen-bond acceptors (Lipinski definition) is 5. The second kappa shape index (κ2) is 13.6. The number of fused-ring (bicyclic) bond motifs is 3. The molecule has 1 aromatic carbocycles. The molecule has 5 aliphatic rings. The molecule has 8 nitrogen and oxygen atoms in total. The van der Waals surface area contributed by atoms with Gasteiger partial charge in [0.2, 0.25) is 5.91 Å². The first-order valence-electron chi connectivity index (χ1n) is 18.9. The standard InChI is InChI=1S/C41H55N5O3/c1-28(2)31-6-10-35(11-7-31)41-18-15-40(16-19-41,17-20-41)27-45(37-22-33(14-21-42-37)34-23-43-46(26-34)29(3)4)38(47)32-8-12-36(13-9-32)49-39(48)44-24-30(5)25-44/h6-7,10-11,14,21-23,26,28-30,32,36H,8-9,12-13,15-20,24-25,27H2,1-5H3. The van der Waals surface area contributed by atoms with Gasteiger partial charge < -0.3 is 9.64 Å². The number of ether oxygens (including phenoxy) is 1. The van der Waals surface area contributed by atoms with Crippen LogP contribution >= 0.6 is 0 Å². The van der Waals surface area contributed by atoms with Gasteiger partial charge in [0.05, 0.1) is 6.20 Å². The highest BCUT2D eigenvalue weighted by molar-refractivity contribution is 5.95. The van der Waals surface area contributed by atoms with Gasteiger partial charge in [-0.15, -0.1) is 0 Å². The molecule has 0 atom stereocenters. The predicted octanol–water partition coefficient (Wildman–Crippen LogP) is 8.92. The van der Waals surface area contributed by atoms with Crippen molar-refractivity contribution in [3.63, 3.8) is 0 Å². The minimum absolute atomic E-state index is 0.0938. The number of anilines is 1. The first-order valence-corrected chi connectivity index (χ1v) is 18.9. The largest absolute Gasteiger partial charge is 0.446 e. The number of likely N-dealkylation sites (tertiary alicyclic amines) is 1. The molecule has 4 aliphatic carbocycles. The zero-order valence-corrected chi connectivity index (χ0v) is 30.2. The highest BCUT2D eigenvalue weighted by atomic mass is 16.6. The van der Waals surface area contributed by atoms with Gasteiger partial charge in [-0.3, -0.25) is 14.4 Å². The molecule has 1 saturated heterocycles. The lowest BCUT2D eigenvalue weighted by Gasteiger charge is -2.55. The first-order chi connectivity index (χ1) is 23.5. The molecule has 49 heavy (non-hydrogen) atoms. The molecule has 2 amide bonds. The van der Waals surface area contributed by atoms with Crippen LogP contribution in [-0.2, 0) is 14.9 Å². The number of hydrogen-bond donors (Lipinski definition) is 0. The summed E-state index contributed by atoms with van der Waals surface area (Å²) in [5.41, 5.74) is 5.31. The van der Waals surface area contributed by atoms with E-state index in [1.807, 2.05) is 28.0 Å². The third-order valence-corrected chi connectivity index (χ3v) is 12.5. The van der Waals surface area contributed by atoms with E-state index in [9.17, 15) is 9.59 Å². The minimum atomic E-state index is -0.197. The van der Waals surface area contributed by atoms with E-state index in [0.29, 0.717) is 18.4 Å². The van der Waals surface area contributed by atoms with Crippen LogP contribution in [0.1, 0.15) is 122 Å². The lowest BCUT2D eigenvalue weighted by molar-refractivity contribution is -0.124. The number of aromatic nitrogens is 3. The summed E-state index contributed by atoms with van der Waals surface area (Å²) in [5.74, 6) is 1.89. The van der Waals surface area contributed by atoms with Gasteiger partial charge in [0.25, 0.3) is 0 Å². The number of benzene rings is 1. The zero-order valence-electron chi connectivity index (χ0n) is 30.2. The molecule has 262 valence electrons. The van der Waals surface area contributed by atoms with Gasteiger partial charge in [0.15, 0.2) is 0 Å². The summed E-state index contributed by atoms with van der Waals surface area (Å²) in [4.78, 5) is 35.9. The third kappa shape index (κ3) is 6.89. The summed E-state index contributed by atoms with van der Waals surface area (Å²) in [6.07, 6.45) is 15.3. The van der Waals surface area contributed by atoms with Crippen LogP contribution < -0.4 is 4.90 Å². The Morgan fingerprint density at radius 1 is 0.918 bits per heavy atom. The van der Waals surface area contributed by atoms with Crippen molar-refractivity contribution in [1.82, 2.24) is 19.7 Å². The summed E-state index contributed by atoms with van der Waals surface area (Å²) >= 11 is 0. The molecule has 0 spiro atoms. The summed E-state index contributed by atoms with van der Waals surface area (Å²) in [5, 5.41) is 4.57. The second-order valence-electron chi connectivity index (χ2n) is 16.6. The molecular weight excluding hydrogens is 610 g/mol. The Hall–Kier alpha value is -3.68. The number of amides is 2. The van der Waals surface area contributed by atoms with Crippen molar-refractivity contribution in [3.05, 3.63) is 66.1 Å². The van der Waals surface area contributed by atoms with Crippen molar-refractivity contribution < 1.29 is 14.3 Å². The van der Waals surface area contributed by atoms with Crippen LogP contribution in [0.4, 0.5) is 10.6 Å². The van der Waals surface area contributed by atoms with E-state index < -0.39 is 0 Å². The van der Waals surface area contributed by atoms with Gasteiger partial charge in [-0.2, -0.15) is 5.10 Å². The number of rotatable bonds is 9. The molecule has 5 fully saturated rings.